The van der Waals surface area contributed by atoms with E-state index < -0.39 is 0 Å². The van der Waals surface area contributed by atoms with E-state index in [2.05, 4.69) is 34.1 Å². The molecule has 0 radical (unpaired) electrons. The van der Waals surface area contributed by atoms with E-state index in [4.69, 9.17) is 10.2 Å². The standard InChI is InChI=1S/C20H27N9O/c1-19-11-28(12-20(19,2)14-29(13-19)18(30)23-8-6-21)16-5-7-22-17(25-16)27(4)15-9-24-26(3)10-15/h5,7,9-10H,8,11-14H2,1-4H3,(H,23,30)/t19-,20+. The maximum absolute atomic E-state index is 12.3. The molecule has 2 fully saturated rings. The minimum Gasteiger partial charge on any atom is -0.355 e. The van der Waals surface area contributed by atoms with Gasteiger partial charge in [-0.2, -0.15) is 15.3 Å². The molecule has 0 spiro atoms. The molecule has 0 bridgehead atoms. The van der Waals surface area contributed by atoms with Crippen molar-refractivity contribution >= 4 is 23.5 Å². The summed E-state index contributed by atoms with van der Waals surface area (Å²) < 4.78 is 1.75. The molecule has 2 amide bonds. The van der Waals surface area contributed by atoms with Crippen molar-refractivity contribution in [2.24, 2.45) is 17.9 Å². The zero-order valence-electron chi connectivity index (χ0n) is 17.8. The molecule has 158 valence electrons. The topological polar surface area (TPSA) is 106 Å². The van der Waals surface area contributed by atoms with E-state index in [9.17, 15) is 4.79 Å². The summed E-state index contributed by atoms with van der Waals surface area (Å²) in [7, 11) is 3.80. The molecule has 0 unspecified atom stereocenters. The molecule has 10 heteroatoms. The number of carbonyl (C=O) groups is 1. The van der Waals surface area contributed by atoms with Gasteiger partial charge in [-0.3, -0.25) is 4.68 Å². The molecule has 2 atom stereocenters. The maximum atomic E-state index is 12.3. The van der Waals surface area contributed by atoms with Crippen LogP contribution >= 0.6 is 0 Å². The van der Waals surface area contributed by atoms with Crippen LogP contribution in [0, 0.1) is 22.2 Å². The summed E-state index contributed by atoms with van der Waals surface area (Å²) in [5, 5.41) is 15.6. The molecule has 2 aromatic rings. The lowest BCUT2D eigenvalue weighted by Crippen LogP contribution is -2.42. The molecule has 2 saturated heterocycles. The van der Waals surface area contributed by atoms with Crippen LogP contribution in [0.25, 0.3) is 0 Å². The summed E-state index contributed by atoms with van der Waals surface area (Å²) in [5.74, 6) is 1.50. The Balaban J connectivity index is 1.50. The van der Waals surface area contributed by atoms with Crippen molar-refractivity contribution in [3.8, 4) is 6.07 Å². The number of amides is 2. The van der Waals surface area contributed by atoms with Crippen LogP contribution in [-0.2, 0) is 7.05 Å². The Morgan fingerprint density at radius 3 is 2.60 bits per heavy atom. The molecular weight excluding hydrogens is 382 g/mol. The predicted molar refractivity (Wildman–Crippen MR) is 112 cm³/mol. The van der Waals surface area contributed by atoms with E-state index in [0.717, 1.165) is 24.6 Å². The lowest BCUT2D eigenvalue weighted by molar-refractivity contribution is 0.203. The van der Waals surface area contributed by atoms with Crippen molar-refractivity contribution in [3.63, 3.8) is 0 Å². The fraction of sp³-hybridized carbons (Fsp3) is 0.550. The van der Waals surface area contributed by atoms with Crippen LogP contribution in [0.4, 0.5) is 22.2 Å². The monoisotopic (exact) mass is 409 g/mol. The third kappa shape index (κ3) is 3.30. The van der Waals surface area contributed by atoms with Gasteiger partial charge in [-0.25, -0.2) is 9.78 Å². The van der Waals surface area contributed by atoms with Gasteiger partial charge in [0.25, 0.3) is 0 Å². The lowest BCUT2D eigenvalue weighted by atomic mass is 9.71. The van der Waals surface area contributed by atoms with Crippen molar-refractivity contribution in [1.82, 2.24) is 30.0 Å². The average molecular weight is 409 g/mol. The number of aromatic nitrogens is 4. The second kappa shape index (κ2) is 7.16. The quantitative estimate of drug-likeness (QED) is 0.760. The van der Waals surface area contributed by atoms with Gasteiger partial charge in [0.2, 0.25) is 5.95 Å². The smallest absolute Gasteiger partial charge is 0.318 e. The van der Waals surface area contributed by atoms with Crippen molar-refractivity contribution in [1.29, 1.82) is 5.26 Å². The van der Waals surface area contributed by atoms with Crippen LogP contribution in [0.15, 0.2) is 24.7 Å². The van der Waals surface area contributed by atoms with Crippen molar-refractivity contribution < 1.29 is 4.79 Å². The van der Waals surface area contributed by atoms with E-state index in [-0.39, 0.29) is 23.4 Å². The Bertz CT molecular complexity index is 978. The number of hydrogen-bond donors (Lipinski definition) is 1. The normalized spacial score (nSPS) is 25.2. The third-order valence-electron chi connectivity index (χ3n) is 6.55. The SMILES string of the molecule is CN(c1cnn(C)c1)c1nccc(N2C[C@]3(C)CN(C(=O)NCC#N)C[C@]3(C)C2)n1. The van der Waals surface area contributed by atoms with Crippen LogP contribution in [0.5, 0.6) is 0 Å². The molecule has 1 N–H and O–H groups in total. The first kappa shape index (κ1) is 19.9. The Kier molecular flexibility index (Phi) is 4.76. The number of likely N-dealkylation sites (tertiary alicyclic amines) is 1. The van der Waals surface area contributed by atoms with Gasteiger partial charge in [0, 0.05) is 63.5 Å². The van der Waals surface area contributed by atoms with Gasteiger partial charge in [0.15, 0.2) is 0 Å². The first-order valence-electron chi connectivity index (χ1n) is 9.95. The molecule has 4 heterocycles. The Morgan fingerprint density at radius 2 is 2.00 bits per heavy atom. The second-order valence-corrected chi connectivity index (χ2v) is 8.80. The number of fused-ring (bicyclic) bond motifs is 1. The highest BCUT2D eigenvalue weighted by Gasteiger charge is 2.58. The molecule has 0 aromatic carbocycles. The molecule has 0 aliphatic carbocycles. The van der Waals surface area contributed by atoms with Gasteiger partial charge in [-0.1, -0.05) is 13.8 Å². The lowest BCUT2D eigenvalue weighted by Gasteiger charge is -2.29. The molecular formula is C20H27N9O. The summed E-state index contributed by atoms with van der Waals surface area (Å²) in [6.07, 6.45) is 5.49. The second-order valence-electron chi connectivity index (χ2n) is 8.80. The van der Waals surface area contributed by atoms with E-state index in [0.29, 0.717) is 19.0 Å². The van der Waals surface area contributed by atoms with Crippen LogP contribution in [0.3, 0.4) is 0 Å². The fourth-order valence-corrected chi connectivity index (χ4v) is 4.57. The minimum absolute atomic E-state index is 0.0308. The Hall–Kier alpha value is -3.35. The number of carbonyl (C=O) groups excluding carboxylic acids is 1. The predicted octanol–water partition coefficient (Wildman–Crippen LogP) is 1.36. The number of urea groups is 1. The van der Waals surface area contributed by atoms with Gasteiger partial charge >= 0.3 is 6.03 Å². The summed E-state index contributed by atoms with van der Waals surface area (Å²) >= 11 is 0. The van der Waals surface area contributed by atoms with Crippen molar-refractivity contribution in [3.05, 3.63) is 24.7 Å². The first-order valence-corrected chi connectivity index (χ1v) is 9.95. The van der Waals surface area contributed by atoms with Crippen molar-refractivity contribution in [2.45, 2.75) is 13.8 Å². The molecule has 30 heavy (non-hydrogen) atoms. The van der Waals surface area contributed by atoms with Crippen molar-refractivity contribution in [2.75, 3.05) is 49.6 Å². The molecule has 2 aliphatic heterocycles. The highest BCUT2D eigenvalue weighted by Crippen LogP contribution is 2.52. The number of nitrogens with zero attached hydrogens (tertiary/aromatic N) is 8. The van der Waals surface area contributed by atoms with Gasteiger partial charge in [0.05, 0.1) is 18.0 Å². The largest absolute Gasteiger partial charge is 0.355 e. The average Bonchev–Trinajstić information content (AvgIpc) is 3.33. The summed E-state index contributed by atoms with van der Waals surface area (Å²) in [5.41, 5.74) is 0.806. The van der Waals surface area contributed by atoms with Crippen LogP contribution in [-0.4, -0.2) is 70.5 Å². The zero-order chi connectivity index (χ0) is 21.5. The van der Waals surface area contributed by atoms with Gasteiger partial charge < -0.3 is 20.0 Å². The summed E-state index contributed by atoms with van der Waals surface area (Å²) in [6, 6.07) is 3.73. The molecule has 2 aromatic heterocycles. The summed E-state index contributed by atoms with van der Waals surface area (Å²) in [6.45, 7) is 7.42. The number of hydrogen-bond acceptors (Lipinski definition) is 7. The highest BCUT2D eigenvalue weighted by atomic mass is 16.2. The Morgan fingerprint density at radius 1 is 1.30 bits per heavy atom. The fourth-order valence-electron chi connectivity index (χ4n) is 4.57. The van der Waals surface area contributed by atoms with E-state index in [1.807, 2.05) is 42.2 Å². The van der Waals surface area contributed by atoms with E-state index >= 15 is 0 Å². The number of aryl methyl sites for hydroxylation is 1. The van der Waals surface area contributed by atoms with Gasteiger partial charge in [0.1, 0.15) is 12.4 Å². The summed E-state index contributed by atoms with van der Waals surface area (Å²) in [4.78, 5) is 27.6. The number of anilines is 3. The molecule has 2 aliphatic rings. The number of nitrogens with one attached hydrogen (secondary N) is 1. The first-order chi connectivity index (χ1) is 14.2. The number of rotatable bonds is 4. The molecule has 10 nitrogen and oxygen atoms in total. The van der Waals surface area contributed by atoms with Crippen LogP contribution < -0.4 is 15.1 Å². The highest BCUT2D eigenvalue weighted by molar-refractivity contribution is 5.75. The molecule has 4 rings (SSSR count). The van der Waals surface area contributed by atoms with Gasteiger partial charge in [-0.15, -0.1) is 0 Å². The minimum atomic E-state index is -0.164. The zero-order valence-corrected chi connectivity index (χ0v) is 17.8. The van der Waals surface area contributed by atoms with Crippen LogP contribution in [0.1, 0.15) is 13.8 Å². The van der Waals surface area contributed by atoms with Crippen LogP contribution in [0.2, 0.25) is 0 Å². The Labute approximate surface area is 176 Å². The van der Waals surface area contributed by atoms with E-state index in [1.165, 1.54) is 0 Å². The molecule has 0 saturated carbocycles. The van der Waals surface area contributed by atoms with Gasteiger partial charge in [-0.05, 0) is 6.07 Å². The maximum Gasteiger partial charge on any atom is 0.318 e. The van der Waals surface area contributed by atoms with E-state index in [1.54, 1.807) is 17.1 Å². The number of nitriles is 1. The third-order valence-corrected chi connectivity index (χ3v) is 6.55.